The van der Waals surface area contributed by atoms with Crippen molar-refractivity contribution in [2.24, 2.45) is 0 Å². The van der Waals surface area contributed by atoms with Gasteiger partial charge >= 0.3 is 12.1 Å². The number of carboxylic acids is 1. The van der Waals surface area contributed by atoms with Crippen molar-refractivity contribution in [2.45, 2.75) is 18.6 Å². The number of aliphatic carboxylic acids is 1. The highest BCUT2D eigenvalue weighted by Crippen LogP contribution is 2.30. The van der Waals surface area contributed by atoms with Gasteiger partial charge in [0.05, 0.1) is 6.54 Å². The molecule has 0 aliphatic carbocycles. The molecule has 0 fully saturated rings. The molecule has 0 radical (unpaired) electrons. The van der Waals surface area contributed by atoms with E-state index < -0.39 is 36.0 Å². The normalized spacial score (nSPS) is 14.3. The highest BCUT2D eigenvalue weighted by molar-refractivity contribution is 5.93. The summed E-state index contributed by atoms with van der Waals surface area (Å²) in [6.07, 6.45) is -5.09. The summed E-state index contributed by atoms with van der Waals surface area (Å²) in [7, 11) is 0. The van der Waals surface area contributed by atoms with E-state index in [9.17, 15) is 27.2 Å². The van der Waals surface area contributed by atoms with Crippen molar-refractivity contribution in [1.29, 1.82) is 0 Å². The summed E-state index contributed by atoms with van der Waals surface area (Å²) in [6, 6.07) is 4.73. The van der Waals surface area contributed by atoms with Crippen LogP contribution in [-0.4, -0.2) is 35.2 Å². The summed E-state index contributed by atoms with van der Waals surface area (Å²) in [5.41, 5.74) is -3.21. The van der Waals surface area contributed by atoms with Gasteiger partial charge in [0, 0.05) is 5.69 Å². The Morgan fingerprint density at radius 1 is 1.29 bits per heavy atom. The first kappa shape index (κ1) is 16.9. The number of amides is 1. The molecule has 0 aliphatic heterocycles. The largest absolute Gasteiger partial charge is 0.480 e. The summed E-state index contributed by atoms with van der Waals surface area (Å²) < 4.78 is 50.8. The minimum absolute atomic E-state index is 0.0471. The number of carboxylic acid groups (broad SMARTS) is 1. The molecule has 0 saturated heterocycles. The Labute approximate surface area is 117 Å². The third-order valence-electron chi connectivity index (χ3n) is 2.71. The lowest BCUT2D eigenvalue weighted by Crippen LogP contribution is -2.61. The first-order valence-electron chi connectivity index (χ1n) is 5.67. The van der Waals surface area contributed by atoms with Gasteiger partial charge in [-0.15, -0.1) is 0 Å². The molecule has 0 saturated carbocycles. The van der Waals surface area contributed by atoms with E-state index in [1.165, 1.54) is 12.1 Å². The smallest absolute Gasteiger partial charge is 0.417 e. The maximum atomic E-state index is 12.9. The monoisotopic (exact) mass is 308 g/mol. The Hall–Kier alpha value is -2.16. The van der Waals surface area contributed by atoms with E-state index >= 15 is 0 Å². The number of halogens is 4. The number of benzene rings is 1. The van der Waals surface area contributed by atoms with Gasteiger partial charge in [-0.05, 0) is 25.1 Å². The number of alkyl halides is 3. The highest BCUT2D eigenvalue weighted by atomic mass is 19.4. The third kappa shape index (κ3) is 4.15. The molecule has 0 aliphatic rings. The third-order valence-corrected chi connectivity index (χ3v) is 2.71. The molecule has 0 spiro atoms. The van der Waals surface area contributed by atoms with Gasteiger partial charge < -0.3 is 10.4 Å². The Kier molecular flexibility index (Phi) is 4.89. The van der Waals surface area contributed by atoms with Crippen LogP contribution < -0.4 is 10.6 Å². The summed E-state index contributed by atoms with van der Waals surface area (Å²) in [5, 5.41) is 12.4. The molecular weight excluding hydrogens is 296 g/mol. The number of carbonyl (C=O) groups excluding carboxylic acids is 1. The van der Waals surface area contributed by atoms with Crippen molar-refractivity contribution in [2.75, 3.05) is 11.9 Å². The fraction of sp³-hybridized carbons (Fsp3) is 0.333. The molecule has 116 valence electrons. The average molecular weight is 308 g/mol. The minimum Gasteiger partial charge on any atom is -0.480 e. The molecule has 1 aromatic carbocycles. The van der Waals surface area contributed by atoms with E-state index in [1.807, 2.05) is 0 Å². The Morgan fingerprint density at radius 2 is 1.90 bits per heavy atom. The van der Waals surface area contributed by atoms with Gasteiger partial charge in [-0.1, -0.05) is 6.07 Å². The lowest BCUT2D eigenvalue weighted by molar-refractivity contribution is -0.205. The van der Waals surface area contributed by atoms with Gasteiger partial charge in [0.15, 0.2) is 0 Å². The van der Waals surface area contributed by atoms with Crippen molar-refractivity contribution in [3.05, 3.63) is 30.1 Å². The number of rotatable bonds is 5. The van der Waals surface area contributed by atoms with Crippen molar-refractivity contribution < 1.29 is 32.3 Å². The molecule has 0 bridgehead atoms. The van der Waals surface area contributed by atoms with Crippen LogP contribution in [0.2, 0.25) is 0 Å². The zero-order valence-electron chi connectivity index (χ0n) is 10.8. The summed E-state index contributed by atoms with van der Waals surface area (Å²) in [5.74, 6) is -3.72. The molecule has 21 heavy (non-hydrogen) atoms. The van der Waals surface area contributed by atoms with Crippen LogP contribution in [0.4, 0.5) is 23.2 Å². The van der Waals surface area contributed by atoms with Gasteiger partial charge in [-0.3, -0.25) is 10.1 Å². The van der Waals surface area contributed by atoms with Crippen LogP contribution in [0.5, 0.6) is 0 Å². The van der Waals surface area contributed by atoms with Crippen molar-refractivity contribution in [3.8, 4) is 0 Å². The van der Waals surface area contributed by atoms with Crippen LogP contribution in [0.1, 0.15) is 6.92 Å². The second-order valence-electron chi connectivity index (χ2n) is 4.34. The van der Waals surface area contributed by atoms with E-state index in [0.29, 0.717) is 6.92 Å². The molecule has 9 heteroatoms. The lowest BCUT2D eigenvalue weighted by Gasteiger charge is -2.28. The fourth-order valence-corrected chi connectivity index (χ4v) is 1.33. The number of hydrogen-bond donors (Lipinski definition) is 3. The fourth-order valence-electron chi connectivity index (χ4n) is 1.33. The molecule has 1 amide bonds. The standard InChI is InChI=1S/C12H12F4N2O3/c1-11(10(20)21,12(14,15)16)17-6-9(19)18-8-4-2-3-7(13)5-8/h2-5,17H,6H2,1H3,(H,18,19)(H,20,21). The Bertz CT molecular complexity index is 548. The minimum atomic E-state index is -5.09. The molecule has 5 nitrogen and oxygen atoms in total. The van der Waals surface area contributed by atoms with E-state index in [-0.39, 0.29) is 5.69 Å². The first-order chi connectivity index (χ1) is 9.56. The predicted molar refractivity (Wildman–Crippen MR) is 65.1 cm³/mol. The summed E-state index contributed by atoms with van der Waals surface area (Å²) >= 11 is 0. The van der Waals surface area contributed by atoms with E-state index in [4.69, 9.17) is 5.11 Å². The predicted octanol–water partition coefficient (Wildman–Crippen LogP) is 1.76. The second kappa shape index (κ2) is 6.08. The molecule has 1 unspecified atom stereocenters. The van der Waals surface area contributed by atoms with Gasteiger partial charge in [-0.2, -0.15) is 13.2 Å². The van der Waals surface area contributed by atoms with Crippen molar-refractivity contribution >= 4 is 17.6 Å². The topological polar surface area (TPSA) is 78.4 Å². The summed E-state index contributed by atoms with van der Waals surface area (Å²) in [4.78, 5) is 22.2. The van der Waals surface area contributed by atoms with Crippen LogP contribution in [-0.2, 0) is 9.59 Å². The highest BCUT2D eigenvalue weighted by Gasteiger charge is 2.57. The van der Waals surface area contributed by atoms with Gasteiger partial charge in [0.1, 0.15) is 5.82 Å². The maximum absolute atomic E-state index is 12.9. The van der Waals surface area contributed by atoms with Crippen LogP contribution in [0.25, 0.3) is 0 Å². The molecule has 0 aromatic heterocycles. The molecule has 1 aromatic rings. The zero-order valence-corrected chi connectivity index (χ0v) is 10.8. The van der Waals surface area contributed by atoms with Crippen LogP contribution in [0.3, 0.4) is 0 Å². The van der Waals surface area contributed by atoms with Crippen LogP contribution in [0.15, 0.2) is 24.3 Å². The van der Waals surface area contributed by atoms with Crippen LogP contribution in [0, 0.1) is 5.82 Å². The van der Waals surface area contributed by atoms with E-state index in [2.05, 4.69) is 5.32 Å². The van der Waals surface area contributed by atoms with Crippen molar-refractivity contribution in [3.63, 3.8) is 0 Å². The lowest BCUT2D eigenvalue weighted by atomic mass is 10.0. The molecule has 0 heterocycles. The first-order valence-corrected chi connectivity index (χ1v) is 5.67. The number of carbonyl (C=O) groups is 2. The van der Waals surface area contributed by atoms with Gasteiger partial charge in [-0.25, -0.2) is 9.18 Å². The molecule has 3 N–H and O–H groups in total. The van der Waals surface area contributed by atoms with Gasteiger partial charge in [0.2, 0.25) is 11.4 Å². The SMILES string of the molecule is CC(NCC(=O)Nc1cccc(F)c1)(C(=O)O)C(F)(F)F. The van der Waals surface area contributed by atoms with Gasteiger partial charge in [0.25, 0.3) is 0 Å². The second-order valence-corrected chi connectivity index (χ2v) is 4.34. The number of anilines is 1. The van der Waals surface area contributed by atoms with E-state index in [0.717, 1.165) is 12.1 Å². The number of nitrogens with one attached hydrogen (secondary N) is 2. The quantitative estimate of drug-likeness (QED) is 0.724. The summed E-state index contributed by atoms with van der Waals surface area (Å²) in [6.45, 7) is -0.496. The molecule has 1 rings (SSSR count). The van der Waals surface area contributed by atoms with Crippen LogP contribution >= 0.6 is 0 Å². The molecular formula is C12H12F4N2O3. The Balaban J connectivity index is 2.69. The number of hydrogen-bond acceptors (Lipinski definition) is 3. The Morgan fingerprint density at radius 3 is 2.38 bits per heavy atom. The maximum Gasteiger partial charge on any atom is 0.417 e. The molecule has 1 atom stereocenters. The van der Waals surface area contributed by atoms with E-state index in [1.54, 1.807) is 5.32 Å². The zero-order chi connectivity index (χ0) is 16.3. The average Bonchev–Trinajstić information content (AvgIpc) is 2.34. The van der Waals surface area contributed by atoms with Crippen molar-refractivity contribution in [1.82, 2.24) is 5.32 Å².